The lowest BCUT2D eigenvalue weighted by atomic mass is 10.0. The van der Waals surface area contributed by atoms with Gasteiger partial charge in [-0.15, -0.1) is 0 Å². The van der Waals surface area contributed by atoms with E-state index < -0.39 is 0 Å². The van der Waals surface area contributed by atoms with Gasteiger partial charge in [0.15, 0.2) is 5.78 Å². The zero-order chi connectivity index (χ0) is 13.0. The minimum Gasteiger partial charge on any atom is -0.373 e. The summed E-state index contributed by atoms with van der Waals surface area (Å²) in [6.45, 7) is 7.97. The third-order valence-corrected chi connectivity index (χ3v) is 2.65. The number of hydrogen-bond donors (Lipinski definition) is 0. The molecule has 1 aromatic heterocycles. The first-order valence-electron chi connectivity index (χ1n) is 5.91. The van der Waals surface area contributed by atoms with E-state index in [1.54, 1.807) is 11.8 Å². The lowest BCUT2D eigenvalue weighted by molar-refractivity contribution is -0.130. The number of ketones is 1. The number of Topliss-reactive ketones (excluding diaryl/α,β-unsaturated/α-hetero) is 1. The quantitative estimate of drug-likeness (QED) is 0.757. The first-order chi connectivity index (χ1) is 7.97. The molecule has 0 saturated heterocycles. The molecule has 1 unspecified atom stereocenters. The van der Waals surface area contributed by atoms with E-state index in [1.807, 2.05) is 27.7 Å². The van der Waals surface area contributed by atoms with Crippen molar-refractivity contribution in [2.45, 2.75) is 46.3 Å². The van der Waals surface area contributed by atoms with E-state index in [0.29, 0.717) is 5.82 Å². The molecule has 1 heterocycles. The number of aromatic nitrogens is 3. The maximum absolute atomic E-state index is 12.1. The van der Waals surface area contributed by atoms with Gasteiger partial charge in [0.2, 0.25) is 0 Å². The van der Waals surface area contributed by atoms with Gasteiger partial charge in [-0.05, 0) is 19.8 Å². The Kier molecular flexibility index (Phi) is 4.81. The van der Waals surface area contributed by atoms with Crippen molar-refractivity contribution in [3.05, 3.63) is 12.2 Å². The molecule has 0 amide bonds. The average Bonchev–Trinajstić information content (AvgIpc) is 2.66. The van der Waals surface area contributed by atoms with E-state index in [9.17, 15) is 4.79 Å². The molecule has 0 N–H and O–H groups in total. The van der Waals surface area contributed by atoms with Crippen LogP contribution in [0.15, 0.2) is 6.33 Å². The molecule has 0 saturated carbocycles. The summed E-state index contributed by atoms with van der Waals surface area (Å²) >= 11 is 0. The van der Waals surface area contributed by atoms with E-state index >= 15 is 0 Å². The molecule has 0 fully saturated rings. The minimum absolute atomic E-state index is 0.0531. The van der Waals surface area contributed by atoms with Gasteiger partial charge in [0, 0.05) is 13.2 Å². The number of methoxy groups -OCH3 is 1. The molecule has 1 atom stereocenters. The normalized spacial score (nSPS) is 13.4. The van der Waals surface area contributed by atoms with Gasteiger partial charge in [0.05, 0.1) is 6.42 Å². The van der Waals surface area contributed by atoms with Crippen molar-refractivity contribution in [1.82, 2.24) is 14.8 Å². The summed E-state index contributed by atoms with van der Waals surface area (Å²) in [5.41, 5.74) is 0. The largest absolute Gasteiger partial charge is 0.373 e. The Morgan fingerprint density at radius 2 is 2.06 bits per heavy atom. The van der Waals surface area contributed by atoms with E-state index in [2.05, 4.69) is 10.1 Å². The predicted molar refractivity (Wildman–Crippen MR) is 64.8 cm³/mol. The first-order valence-corrected chi connectivity index (χ1v) is 5.91. The highest BCUT2D eigenvalue weighted by Gasteiger charge is 2.23. The van der Waals surface area contributed by atoms with E-state index in [-0.39, 0.29) is 30.3 Å². The van der Waals surface area contributed by atoms with Crippen molar-refractivity contribution in [3.8, 4) is 0 Å². The lowest BCUT2D eigenvalue weighted by Crippen LogP contribution is -2.31. The highest BCUT2D eigenvalue weighted by Crippen LogP contribution is 2.12. The van der Waals surface area contributed by atoms with Crippen LogP contribution < -0.4 is 0 Å². The summed E-state index contributed by atoms with van der Waals surface area (Å²) in [6, 6.07) is 0.209. The summed E-state index contributed by atoms with van der Waals surface area (Å²) in [6.07, 6.45) is 1.39. The molecule has 5 nitrogen and oxygen atoms in total. The van der Waals surface area contributed by atoms with Crippen molar-refractivity contribution < 1.29 is 9.53 Å². The van der Waals surface area contributed by atoms with Crippen LogP contribution in [0.25, 0.3) is 0 Å². The molecule has 17 heavy (non-hydrogen) atoms. The smallest absolute Gasteiger partial charge is 0.169 e. The standard InChI is InChI=1S/C12H21N3O2/c1-8(2)12(17-5)10(16)6-11-13-7-14-15(11)9(3)4/h7-9,12H,6H2,1-5H3. The zero-order valence-electron chi connectivity index (χ0n) is 11.2. The number of carbonyl (C=O) groups excluding carboxylic acids is 1. The Morgan fingerprint density at radius 1 is 1.41 bits per heavy atom. The molecule has 0 aliphatic heterocycles. The molecule has 1 rings (SSSR count). The van der Waals surface area contributed by atoms with Gasteiger partial charge in [-0.2, -0.15) is 5.10 Å². The second-order valence-corrected chi connectivity index (χ2v) is 4.76. The lowest BCUT2D eigenvalue weighted by Gasteiger charge is -2.18. The van der Waals surface area contributed by atoms with E-state index in [0.717, 1.165) is 0 Å². The molecule has 0 spiro atoms. The Balaban J connectivity index is 2.77. The van der Waals surface area contributed by atoms with Crippen LogP contribution in [0.5, 0.6) is 0 Å². The van der Waals surface area contributed by atoms with Crippen molar-refractivity contribution in [2.24, 2.45) is 5.92 Å². The predicted octanol–water partition coefficient (Wildman–Crippen LogP) is 1.64. The summed E-state index contributed by atoms with van der Waals surface area (Å²) in [4.78, 5) is 16.2. The monoisotopic (exact) mass is 239 g/mol. The van der Waals surface area contributed by atoms with Crippen LogP contribution in [-0.2, 0) is 16.0 Å². The van der Waals surface area contributed by atoms with Gasteiger partial charge in [-0.3, -0.25) is 4.79 Å². The van der Waals surface area contributed by atoms with Gasteiger partial charge in [-0.25, -0.2) is 9.67 Å². The van der Waals surface area contributed by atoms with Crippen molar-refractivity contribution in [2.75, 3.05) is 7.11 Å². The Bertz CT molecular complexity index is 372. The summed E-state index contributed by atoms with van der Waals surface area (Å²) in [7, 11) is 1.57. The zero-order valence-corrected chi connectivity index (χ0v) is 11.2. The van der Waals surface area contributed by atoms with Crippen LogP contribution in [0.1, 0.15) is 39.6 Å². The highest BCUT2D eigenvalue weighted by molar-refractivity contribution is 5.84. The molecular formula is C12H21N3O2. The fourth-order valence-corrected chi connectivity index (χ4v) is 1.86. The van der Waals surface area contributed by atoms with Gasteiger partial charge >= 0.3 is 0 Å². The van der Waals surface area contributed by atoms with Crippen LogP contribution in [0.4, 0.5) is 0 Å². The van der Waals surface area contributed by atoms with Crippen LogP contribution >= 0.6 is 0 Å². The molecule has 0 aromatic carbocycles. The first kappa shape index (κ1) is 13.8. The third kappa shape index (κ3) is 3.36. The van der Waals surface area contributed by atoms with Crippen LogP contribution in [0.3, 0.4) is 0 Å². The van der Waals surface area contributed by atoms with Gasteiger partial charge in [-0.1, -0.05) is 13.8 Å². The molecule has 96 valence electrons. The Hall–Kier alpha value is -1.23. The van der Waals surface area contributed by atoms with Crippen LogP contribution in [-0.4, -0.2) is 33.8 Å². The Labute approximate surface area is 102 Å². The molecule has 0 aliphatic carbocycles. The molecule has 1 aromatic rings. The van der Waals surface area contributed by atoms with Crippen LogP contribution in [0.2, 0.25) is 0 Å². The molecule has 0 bridgehead atoms. The molecule has 5 heteroatoms. The topological polar surface area (TPSA) is 57.0 Å². The summed E-state index contributed by atoms with van der Waals surface area (Å²) < 4.78 is 6.98. The number of carbonyl (C=O) groups is 1. The SMILES string of the molecule is COC(C(=O)Cc1ncnn1C(C)C)C(C)C. The van der Waals surface area contributed by atoms with Gasteiger partial charge < -0.3 is 4.74 Å². The van der Waals surface area contributed by atoms with Crippen molar-refractivity contribution in [1.29, 1.82) is 0 Å². The second kappa shape index (κ2) is 5.91. The number of ether oxygens (including phenoxy) is 1. The van der Waals surface area contributed by atoms with E-state index in [1.165, 1.54) is 6.33 Å². The maximum atomic E-state index is 12.1. The van der Waals surface area contributed by atoms with Crippen LogP contribution in [0, 0.1) is 5.92 Å². The Morgan fingerprint density at radius 3 is 2.53 bits per heavy atom. The molecule has 0 aliphatic rings. The summed E-state index contributed by atoms with van der Waals surface area (Å²) in [5, 5.41) is 4.11. The minimum atomic E-state index is -0.368. The number of rotatable bonds is 6. The highest BCUT2D eigenvalue weighted by atomic mass is 16.5. The molecular weight excluding hydrogens is 218 g/mol. The van der Waals surface area contributed by atoms with Crippen molar-refractivity contribution in [3.63, 3.8) is 0 Å². The average molecular weight is 239 g/mol. The summed E-state index contributed by atoms with van der Waals surface area (Å²) in [5.74, 6) is 0.924. The number of nitrogens with zero attached hydrogens (tertiary/aromatic N) is 3. The van der Waals surface area contributed by atoms with Gasteiger partial charge in [0.25, 0.3) is 0 Å². The third-order valence-electron chi connectivity index (χ3n) is 2.65. The fraction of sp³-hybridized carbons (Fsp3) is 0.750. The molecule has 0 radical (unpaired) electrons. The van der Waals surface area contributed by atoms with Crippen molar-refractivity contribution >= 4 is 5.78 Å². The number of hydrogen-bond acceptors (Lipinski definition) is 4. The second-order valence-electron chi connectivity index (χ2n) is 4.76. The van der Waals surface area contributed by atoms with E-state index in [4.69, 9.17) is 4.74 Å². The van der Waals surface area contributed by atoms with Gasteiger partial charge in [0.1, 0.15) is 18.3 Å². The fourth-order valence-electron chi connectivity index (χ4n) is 1.86. The maximum Gasteiger partial charge on any atom is 0.169 e.